The van der Waals surface area contributed by atoms with E-state index in [-0.39, 0.29) is 0 Å². The first-order valence-electron chi connectivity index (χ1n) is 11.9. The summed E-state index contributed by atoms with van der Waals surface area (Å²) < 4.78 is 6.00. The second-order valence-electron chi connectivity index (χ2n) is 9.30. The third-order valence-corrected chi connectivity index (χ3v) is 23.7. The summed E-state index contributed by atoms with van der Waals surface area (Å²) in [6.45, 7) is 2.32. The molecule has 0 aromatic rings. The Kier molecular flexibility index (Phi) is 8.82. The van der Waals surface area contributed by atoms with Crippen LogP contribution >= 0.6 is 129 Å². The fourth-order valence-corrected chi connectivity index (χ4v) is 22.4. The highest BCUT2D eigenvalue weighted by Gasteiger charge is 2.45. The maximum Gasteiger partial charge on any atom is 0.0778 e. The van der Waals surface area contributed by atoms with Gasteiger partial charge in [-0.05, 0) is 54.2 Å². The average Bonchev–Trinajstić information content (AvgIpc) is 3.32. The van der Waals surface area contributed by atoms with E-state index in [2.05, 4.69) is 105 Å². The Morgan fingerprint density at radius 1 is 0.694 bits per heavy atom. The number of rotatable bonds is 2. The number of hydrogen-bond donors (Lipinski definition) is 0. The molecule has 0 bridgehead atoms. The standard InChI is InChI=1S/C25H24S11/c1-3-13-23(32-19-9-15-14(8-18(19)31-13)26-4-5-27-15)30-12(2)22-35-24-25(36-22)34-21-11-17-16(10-20(21)33-24)28-6-7-29-17/h1,4-7,14-21H,8-11H2,2H3. The van der Waals surface area contributed by atoms with Gasteiger partial charge < -0.3 is 0 Å². The number of fused-ring (bicyclic) bond motifs is 4. The Morgan fingerprint density at radius 2 is 1.14 bits per heavy atom. The Bertz CT molecular complexity index is 1090. The van der Waals surface area contributed by atoms with Gasteiger partial charge in [0, 0.05) is 46.9 Å². The van der Waals surface area contributed by atoms with Gasteiger partial charge in [-0.3, -0.25) is 0 Å². The van der Waals surface area contributed by atoms with Crippen LogP contribution in [0.4, 0.5) is 0 Å². The molecule has 7 aliphatic rings. The fourth-order valence-electron chi connectivity index (χ4n) is 5.30. The molecule has 0 amide bonds. The van der Waals surface area contributed by atoms with Gasteiger partial charge in [-0.25, -0.2) is 0 Å². The molecular formula is C25H24S11. The van der Waals surface area contributed by atoms with Crippen molar-refractivity contribution in [2.45, 2.75) is 74.6 Å². The molecule has 2 aliphatic carbocycles. The van der Waals surface area contributed by atoms with Gasteiger partial charge in [0.2, 0.25) is 0 Å². The Balaban J connectivity index is 1.04. The molecule has 2 fully saturated rings. The lowest BCUT2D eigenvalue weighted by Crippen LogP contribution is -2.40. The molecule has 0 spiro atoms. The molecule has 7 rings (SSSR count). The maximum absolute atomic E-state index is 6.06. The normalized spacial score (nSPS) is 41.2. The third kappa shape index (κ3) is 5.48. The van der Waals surface area contributed by atoms with Crippen molar-refractivity contribution in [3.8, 4) is 12.3 Å². The largest absolute Gasteiger partial charge is 0.129 e. The Hall–Kier alpha value is 2.11. The van der Waals surface area contributed by atoms with Crippen molar-refractivity contribution in [1.29, 1.82) is 0 Å². The van der Waals surface area contributed by atoms with Crippen LogP contribution in [-0.4, -0.2) is 42.0 Å². The summed E-state index contributed by atoms with van der Waals surface area (Å²) in [5.41, 5.74) is 0. The number of hydrogen-bond acceptors (Lipinski definition) is 11. The number of thioether (sulfide) groups is 11. The molecule has 36 heavy (non-hydrogen) atoms. The van der Waals surface area contributed by atoms with Crippen molar-refractivity contribution in [2.24, 2.45) is 0 Å². The molecule has 190 valence electrons. The van der Waals surface area contributed by atoms with Crippen molar-refractivity contribution >= 4 is 129 Å². The van der Waals surface area contributed by atoms with Crippen LogP contribution in [0.5, 0.6) is 0 Å². The van der Waals surface area contributed by atoms with E-state index in [4.69, 9.17) is 6.42 Å². The van der Waals surface area contributed by atoms with Crippen molar-refractivity contribution in [3.63, 3.8) is 0 Å². The number of allylic oxidation sites excluding steroid dienone is 2. The second-order valence-corrected chi connectivity index (χ2v) is 23.2. The van der Waals surface area contributed by atoms with Crippen molar-refractivity contribution < 1.29 is 0 Å². The molecule has 0 aromatic heterocycles. The molecule has 5 heterocycles. The van der Waals surface area contributed by atoms with Gasteiger partial charge in [0.15, 0.2) is 0 Å². The summed E-state index contributed by atoms with van der Waals surface area (Å²) in [5, 5.41) is 15.2. The van der Waals surface area contributed by atoms with E-state index in [0.29, 0.717) is 10.5 Å². The minimum absolute atomic E-state index is 0.662. The van der Waals surface area contributed by atoms with Gasteiger partial charge in [0.05, 0.1) is 21.9 Å². The Morgan fingerprint density at radius 3 is 1.61 bits per heavy atom. The van der Waals surface area contributed by atoms with Crippen LogP contribution < -0.4 is 0 Å². The second kappa shape index (κ2) is 11.8. The predicted molar refractivity (Wildman–Crippen MR) is 186 cm³/mol. The lowest BCUT2D eigenvalue weighted by atomic mass is 9.98. The van der Waals surface area contributed by atoms with E-state index in [1.807, 2.05) is 58.8 Å². The molecule has 0 nitrogen and oxygen atoms in total. The van der Waals surface area contributed by atoms with Gasteiger partial charge in [-0.1, -0.05) is 41.2 Å². The van der Waals surface area contributed by atoms with Crippen LogP contribution in [0.1, 0.15) is 32.6 Å². The first-order valence-corrected chi connectivity index (χ1v) is 21.7. The van der Waals surface area contributed by atoms with Crippen LogP contribution in [0.3, 0.4) is 0 Å². The zero-order valence-electron chi connectivity index (χ0n) is 19.3. The molecule has 0 aromatic carbocycles. The average molecular weight is 677 g/mol. The highest BCUT2D eigenvalue weighted by molar-refractivity contribution is 8.42. The highest BCUT2D eigenvalue weighted by Crippen LogP contribution is 2.67. The predicted octanol–water partition coefficient (Wildman–Crippen LogP) is 10.7. The molecule has 8 unspecified atom stereocenters. The van der Waals surface area contributed by atoms with E-state index in [1.165, 1.54) is 44.0 Å². The van der Waals surface area contributed by atoms with E-state index >= 15 is 0 Å². The van der Waals surface area contributed by atoms with E-state index in [0.717, 1.165) is 31.5 Å². The van der Waals surface area contributed by atoms with Gasteiger partial charge in [-0.15, -0.1) is 101 Å². The molecule has 0 N–H and O–H groups in total. The highest BCUT2D eigenvalue weighted by atomic mass is 32.3. The van der Waals surface area contributed by atoms with Gasteiger partial charge in [0.25, 0.3) is 0 Å². The molecule has 11 heteroatoms. The lowest BCUT2D eigenvalue weighted by Gasteiger charge is -2.43. The first kappa shape index (κ1) is 27.0. The molecular weight excluding hydrogens is 653 g/mol. The van der Waals surface area contributed by atoms with Gasteiger partial charge >= 0.3 is 0 Å². The molecule has 2 saturated carbocycles. The smallest absolute Gasteiger partial charge is 0.0778 e. The van der Waals surface area contributed by atoms with Gasteiger partial charge in [0.1, 0.15) is 0 Å². The summed E-state index contributed by atoms with van der Waals surface area (Å²) in [6, 6.07) is 0. The van der Waals surface area contributed by atoms with Gasteiger partial charge in [-0.2, -0.15) is 0 Å². The SMILES string of the molecule is C#CC1=C(SC(C)=C2SC3=C(S2)SC2CC4SC=CSC4CC2S3)SC2CC3SC=CSC3CC2S1. The molecule has 0 saturated heterocycles. The number of terminal acetylenes is 1. The summed E-state index contributed by atoms with van der Waals surface area (Å²) in [7, 11) is 0. The summed E-state index contributed by atoms with van der Waals surface area (Å²) >= 11 is 22.7. The van der Waals surface area contributed by atoms with E-state index in [1.54, 1.807) is 8.47 Å². The summed E-state index contributed by atoms with van der Waals surface area (Å²) in [4.78, 5) is 2.61. The zero-order valence-corrected chi connectivity index (χ0v) is 28.3. The van der Waals surface area contributed by atoms with E-state index < -0.39 is 0 Å². The molecule has 8 atom stereocenters. The van der Waals surface area contributed by atoms with Crippen molar-refractivity contribution in [3.05, 3.63) is 48.4 Å². The van der Waals surface area contributed by atoms with Crippen LogP contribution in [0.2, 0.25) is 0 Å². The minimum Gasteiger partial charge on any atom is -0.129 e. The molecule has 5 aliphatic heterocycles. The van der Waals surface area contributed by atoms with Crippen LogP contribution in [-0.2, 0) is 0 Å². The Labute approximate surface area is 261 Å². The third-order valence-electron chi connectivity index (χ3n) is 7.07. The summed E-state index contributed by atoms with van der Waals surface area (Å²) in [6.07, 6.45) is 11.4. The van der Waals surface area contributed by atoms with Crippen LogP contribution in [0.15, 0.2) is 48.4 Å². The fraction of sp³-hybridized carbons (Fsp3) is 0.520. The topological polar surface area (TPSA) is 0 Å². The van der Waals surface area contributed by atoms with Crippen molar-refractivity contribution in [2.75, 3.05) is 0 Å². The lowest BCUT2D eigenvalue weighted by molar-refractivity contribution is 0.554. The van der Waals surface area contributed by atoms with Crippen molar-refractivity contribution in [1.82, 2.24) is 0 Å². The first-order chi connectivity index (χ1) is 17.6. The monoisotopic (exact) mass is 676 g/mol. The molecule has 0 radical (unpaired) electrons. The quantitative estimate of drug-likeness (QED) is 0.257. The zero-order chi connectivity index (χ0) is 24.2. The summed E-state index contributed by atoms with van der Waals surface area (Å²) in [5.74, 6) is 3.07. The minimum atomic E-state index is 0.662. The van der Waals surface area contributed by atoms with Crippen LogP contribution in [0, 0.1) is 12.3 Å². The van der Waals surface area contributed by atoms with E-state index in [9.17, 15) is 0 Å². The maximum atomic E-state index is 6.06. The van der Waals surface area contributed by atoms with Crippen LogP contribution in [0.25, 0.3) is 0 Å².